The van der Waals surface area contributed by atoms with E-state index in [9.17, 15) is 46.7 Å². The maximum Gasteiger partial charge on any atom is 0.277 e. The molecule has 18 rings (SSSR count). The second kappa shape index (κ2) is 36.8. The number of aromatic amines is 2. The molecular weight excluding hydrogens is 1680 g/mol. The zero-order valence-corrected chi connectivity index (χ0v) is 74.5. The maximum atomic E-state index is 14.1. The minimum absolute atomic E-state index is 0.0314. The Hall–Kier alpha value is -10.9. The Morgan fingerprint density at radius 3 is 1.28 bits per heavy atom. The topological polar surface area (TPSA) is 320 Å². The summed E-state index contributed by atoms with van der Waals surface area (Å²) in [7, 11) is -9.21. The summed E-state index contributed by atoms with van der Waals surface area (Å²) < 4.78 is 84.8. The number of hydrogen-bond acceptors (Lipinski definition) is 20. The molecule has 8 heterocycles. The van der Waals surface area contributed by atoms with Gasteiger partial charge < -0.3 is 38.7 Å². The minimum atomic E-state index is -4.60. The number of hydrogen-bond donors (Lipinski definition) is 4. The first-order valence-corrected chi connectivity index (χ1v) is 47.7. The predicted molar refractivity (Wildman–Crippen MR) is 489 cm³/mol. The number of carbonyl (C=O) groups excluding carboxylic acids is 2. The van der Waals surface area contributed by atoms with Crippen LogP contribution in [0, 0.1) is 54.7 Å². The summed E-state index contributed by atoms with van der Waals surface area (Å²) in [6, 6.07) is 38.5. The van der Waals surface area contributed by atoms with E-state index in [4.69, 9.17) is 42.1 Å². The number of nitrogens with one attached hydrogen (secondary N) is 4. The van der Waals surface area contributed by atoms with Gasteiger partial charge in [0.15, 0.2) is 0 Å². The Bertz CT molecular complexity index is 5740. The van der Waals surface area contributed by atoms with Crippen LogP contribution in [0.1, 0.15) is 173 Å². The monoisotopic (exact) mass is 1780 g/mol. The molecule has 10 aromatic rings. The predicted octanol–water partition coefficient (Wildman–Crippen LogP) is 19.9. The lowest BCUT2D eigenvalue weighted by molar-refractivity contribution is -0.386. The number of rotatable bonds is 22. The van der Waals surface area contributed by atoms with Crippen LogP contribution in [0.4, 0.5) is 22.7 Å². The standard InChI is InChI=1S/2C48H53ClN6O7S/c2*1-48(2)16-14-34(42(27-48)32-8-10-36(49)11-9-32)29-53-18-20-54(21-19-53)37-12-13-40(45(24-37)62-38-22-33-15-17-50-46(33)51-28-38)47(56)52-63(59,60)39-25-43(55(57)58)41-23-35(30-61-44(41)26-39)31-6-4-3-5-7-31/h2*8-13,15,17,22,24-26,28,31,35H,3-7,14,16,18-21,23,27,29-30H2,1-2H3,(H,50,51)(H,52,56)/t2*35-/m10/s1. The molecule has 4 aliphatic heterocycles. The van der Waals surface area contributed by atoms with Gasteiger partial charge in [-0.2, -0.15) is 0 Å². The van der Waals surface area contributed by atoms with Crippen molar-refractivity contribution in [3.63, 3.8) is 0 Å². The fourth-order valence-electron chi connectivity index (χ4n) is 19.8. The second-order valence-electron chi connectivity index (χ2n) is 36.7. The van der Waals surface area contributed by atoms with Crippen LogP contribution in [0.2, 0.25) is 10.0 Å². The molecule has 4 aliphatic carbocycles. The van der Waals surface area contributed by atoms with Gasteiger partial charge in [-0.15, -0.1) is 0 Å². The van der Waals surface area contributed by atoms with Gasteiger partial charge in [0.05, 0.1) is 67.5 Å². The highest BCUT2D eigenvalue weighted by Crippen LogP contribution is 2.49. The minimum Gasteiger partial charge on any atom is -0.493 e. The summed E-state index contributed by atoms with van der Waals surface area (Å²) in [4.78, 5) is 75.3. The van der Waals surface area contributed by atoms with E-state index in [1.54, 1.807) is 60.9 Å². The van der Waals surface area contributed by atoms with Crippen molar-refractivity contribution in [2.75, 3.05) is 88.5 Å². The number of pyridine rings is 2. The number of ether oxygens (including phenoxy) is 4. The SMILES string of the molecule is CC1(C)CCC(CN2CCN(c3ccc(C(=O)NS(=O)(=O)c4cc5c(c([N+](=O)[O-])c4)C[C@@H](C4CCCCC4)CO5)c(Oc4cnc5[nH]ccc5c4)c3)CC2)=C(c2ccc(Cl)cc2)C1.CC1(C)CCC(CN2CCN(c3ccc(C(=O)NS(=O)(=O)c4cc5c(c([N+](=O)[O-])c4)C[C@H](C4CCCCC4)CO5)c(Oc4cnc5[nH]ccc5c4)c3)CC2)=C(c2ccc(Cl)cc2)C1. The molecule has 6 aromatic carbocycles. The van der Waals surface area contributed by atoms with E-state index in [2.05, 4.69) is 101 Å². The van der Waals surface area contributed by atoms with Crippen LogP contribution >= 0.6 is 23.2 Å². The van der Waals surface area contributed by atoms with E-state index in [0.29, 0.717) is 71.8 Å². The summed E-state index contributed by atoms with van der Waals surface area (Å²) in [5.41, 5.74) is 11.7. The first kappa shape index (κ1) is 87.2. The molecule has 4 fully saturated rings. The summed E-state index contributed by atoms with van der Waals surface area (Å²) >= 11 is 12.5. The Labute approximate surface area is 744 Å². The van der Waals surface area contributed by atoms with Crippen LogP contribution in [-0.4, -0.2) is 147 Å². The molecule has 0 bridgehead atoms. The number of amides is 2. The molecule has 0 spiro atoms. The number of nitro groups is 2. The van der Waals surface area contributed by atoms with E-state index < -0.39 is 51.5 Å². The fourth-order valence-corrected chi connectivity index (χ4v) is 22.1. The Kier molecular flexibility index (Phi) is 25.5. The van der Waals surface area contributed by atoms with E-state index in [0.717, 1.165) is 200 Å². The molecule has 2 atom stereocenters. The van der Waals surface area contributed by atoms with Crippen molar-refractivity contribution in [1.82, 2.24) is 39.2 Å². The molecule has 30 heteroatoms. The highest BCUT2D eigenvalue weighted by atomic mass is 35.5. The lowest BCUT2D eigenvalue weighted by Gasteiger charge is -2.39. The van der Waals surface area contributed by atoms with Gasteiger partial charge in [-0.1, -0.05) is 151 Å². The lowest BCUT2D eigenvalue weighted by atomic mass is 9.72. The lowest BCUT2D eigenvalue weighted by Crippen LogP contribution is -2.47. The summed E-state index contributed by atoms with van der Waals surface area (Å²) in [6.45, 7) is 18.0. The molecule has 2 saturated heterocycles. The molecule has 26 nitrogen and oxygen atoms in total. The van der Waals surface area contributed by atoms with Crippen LogP contribution in [0.5, 0.6) is 34.5 Å². The van der Waals surface area contributed by atoms with Crippen molar-refractivity contribution < 1.29 is 55.2 Å². The van der Waals surface area contributed by atoms with Gasteiger partial charge in [-0.25, -0.2) is 36.2 Å². The normalized spacial score (nSPS) is 19.7. The van der Waals surface area contributed by atoms with Crippen LogP contribution in [0.25, 0.3) is 33.2 Å². The van der Waals surface area contributed by atoms with Crippen molar-refractivity contribution >= 4 is 111 Å². The van der Waals surface area contributed by atoms with Gasteiger partial charge in [-0.3, -0.25) is 39.6 Å². The highest BCUT2D eigenvalue weighted by molar-refractivity contribution is 7.90. The summed E-state index contributed by atoms with van der Waals surface area (Å²) in [5, 5.41) is 27.8. The van der Waals surface area contributed by atoms with E-state index in [-0.39, 0.29) is 68.2 Å². The Morgan fingerprint density at radius 1 is 0.508 bits per heavy atom. The summed E-state index contributed by atoms with van der Waals surface area (Å²) in [5.74, 6) is 0.474. The van der Waals surface area contributed by atoms with Crippen molar-refractivity contribution in [3.8, 4) is 34.5 Å². The molecule has 660 valence electrons. The quantitative estimate of drug-likeness (QED) is 0.0362. The molecule has 8 aliphatic rings. The number of halogens is 2. The first-order valence-electron chi connectivity index (χ1n) is 44.0. The van der Waals surface area contributed by atoms with E-state index in [1.807, 2.05) is 36.4 Å². The third kappa shape index (κ3) is 19.9. The number of piperazine rings is 2. The van der Waals surface area contributed by atoms with Gasteiger partial charge in [0.1, 0.15) is 45.8 Å². The number of fused-ring (bicyclic) bond motifs is 4. The van der Waals surface area contributed by atoms with Gasteiger partial charge in [0.2, 0.25) is 0 Å². The largest absolute Gasteiger partial charge is 0.493 e. The number of anilines is 2. The third-order valence-electron chi connectivity index (χ3n) is 26.9. The number of aromatic nitrogens is 4. The van der Waals surface area contributed by atoms with Gasteiger partial charge in [0, 0.05) is 158 Å². The number of sulfonamides is 2. The second-order valence-corrected chi connectivity index (χ2v) is 40.9. The van der Waals surface area contributed by atoms with Crippen LogP contribution in [-0.2, 0) is 32.9 Å². The fraction of sp³-hybridized carbons (Fsp3) is 0.417. The van der Waals surface area contributed by atoms with Crippen molar-refractivity contribution in [3.05, 3.63) is 233 Å². The van der Waals surface area contributed by atoms with Crippen LogP contribution in [0.15, 0.2) is 179 Å². The van der Waals surface area contributed by atoms with E-state index >= 15 is 0 Å². The van der Waals surface area contributed by atoms with Crippen molar-refractivity contribution in [2.45, 2.75) is 153 Å². The van der Waals surface area contributed by atoms with Crippen molar-refractivity contribution in [2.24, 2.45) is 34.5 Å². The number of allylic oxidation sites excluding steroid dienone is 2. The van der Waals surface area contributed by atoms with Crippen LogP contribution in [0.3, 0.4) is 0 Å². The summed E-state index contributed by atoms with van der Waals surface area (Å²) in [6.07, 6.45) is 25.0. The van der Waals surface area contributed by atoms with Gasteiger partial charge in [0.25, 0.3) is 43.2 Å². The number of H-pyrrole nitrogens is 2. The molecule has 2 saturated carbocycles. The average Bonchev–Trinajstić information content (AvgIpc) is 0.912. The van der Waals surface area contributed by atoms with Crippen LogP contribution < -0.4 is 38.2 Å². The number of nitro benzene ring substituents is 2. The molecule has 0 unspecified atom stereocenters. The molecule has 0 radical (unpaired) electrons. The maximum absolute atomic E-state index is 14.1. The van der Waals surface area contributed by atoms with E-state index in [1.165, 1.54) is 70.8 Å². The molecule has 2 amide bonds. The number of carbonyl (C=O) groups is 2. The first-order chi connectivity index (χ1) is 60.6. The molecule has 126 heavy (non-hydrogen) atoms. The Morgan fingerprint density at radius 2 is 0.897 bits per heavy atom. The zero-order valence-electron chi connectivity index (χ0n) is 71.4. The van der Waals surface area contributed by atoms with Gasteiger partial charge in [-0.05, 0) is 169 Å². The smallest absolute Gasteiger partial charge is 0.277 e. The number of nitrogens with zero attached hydrogens (tertiary/aromatic N) is 8. The average molecular weight is 1790 g/mol. The number of benzene rings is 6. The molecule has 4 N–H and O–H groups in total. The zero-order chi connectivity index (χ0) is 87.8. The van der Waals surface area contributed by atoms with Gasteiger partial charge >= 0.3 is 0 Å². The third-order valence-corrected chi connectivity index (χ3v) is 30.1. The van der Waals surface area contributed by atoms with Crippen molar-refractivity contribution in [1.29, 1.82) is 0 Å². The molecular formula is C96H106Cl2N12O14S2. The Balaban J connectivity index is 0.000000178. The highest BCUT2D eigenvalue weighted by Gasteiger charge is 2.40. The molecule has 4 aromatic heterocycles.